The van der Waals surface area contributed by atoms with E-state index in [1.165, 1.54) is 10.8 Å². The molecule has 0 unspecified atom stereocenters. The third-order valence-electron chi connectivity index (χ3n) is 2.42. The lowest BCUT2D eigenvalue weighted by atomic mass is 10.2. The topological polar surface area (TPSA) is 94.8 Å². The van der Waals surface area contributed by atoms with Gasteiger partial charge in [0, 0.05) is 18.9 Å². The summed E-state index contributed by atoms with van der Waals surface area (Å²) in [6.45, 7) is 0. The summed E-state index contributed by atoms with van der Waals surface area (Å²) in [5.41, 5.74) is 1.74. The van der Waals surface area contributed by atoms with E-state index in [9.17, 15) is 4.79 Å². The fourth-order valence-electron chi connectivity index (χ4n) is 1.46. The van der Waals surface area contributed by atoms with Gasteiger partial charge in [-0.05, 0) is 18.2 Å². The Balaban J connectivity index is 2.40. The largest absolute Gasteiger partial charge is 0.419 e. The maximum atomic E-state index is 11.3. The Bertz CT molecular complexity index is 752. The number of anilines is 1. The van der Waals surface area contributed by atoms with Crippen LogP contribution >= 0.6 is 0 Å². The second kappa shape index (κ2) is 4.48. The molecule has 0 amide bonds. The van der Waals surface area contributed by atoms with Crippen LogP contribution in [0.2, 0.25) is 0 Å². The number of hydrogen-bond donors (Lipinski definition) is 1. The van der Waals surface area contributed by atoms with Gasteiger partial charge in [-0.3, -0.25) is 4.57 Å². The lowest BCUT2D eigenvalue weighted by Crippen LogP contribution is -2.08. The van der Waals surface area contributed by atoms with E-state index in [2.05, 4.69) is 5.32 Å². The van der Waals surface area contributed by atoms with Gasteiger partial charge in [-0.25, -0.2) is 4.79 Å². The molecule has 1 heterocycles. The van der Waals surface area contributed by atoms with Crippen LogP contribution in [0.3, 0.4) is 0 Å². The third kappa shape index (κ3) is 1.95. The normalized spacial score (nSPS) is 9.50. The van der Waals surface area contributed by atoms with Crippen LogP contribution in [-0.2, 0) is 7.05 Å². The Morgan fingerprint density at radius 1 is 1.44 bits per heavy atom. The van der Waals surface area contributed by atoms with Gasteiger partial charge in [0.05, 0.1) is 5.52 Å². The molecule has 0 aliphatic rings. The summed E-state index contributed by atoms with van der Waals surface area (Å²) in [7, 11) is 1.60. The summed E-state index contributed by atoms with van der Waals surface area (Å²) in [5, 5.41) is 20.0. The number of nitriles is 2. The molecule has 1 N–H and O–H groups in total. The Labute approximate surface area is 102 Å². The van der Waals surface area contributed by atoms with Crippen LogP contribution in [-0.4, -0.2) is 4.57 Å². The van der Waals surface area contributed by atoms with Crippen LogP contribution < -0.4 is 11.1 Å². The van der Waals surface area contributed by atoms with Gasteiger partial charge in [-0.15, -0.1) is 0 Å². The number of nitrogens with one attached hydrogen (secondary N) is 1. The Morgan fingerprint density at radius 3 is 2.83 bits per heavy atom. The summed E-state index contributed by atoms with van der Waals surface area (Å²) in [5.74, 6) is -0.438. The molecule has 1 aromatic heterocycles. The van der Waals surface area contributed by atoms with Crippen LogP contribution in [0.15, 0.2) is 39.2 Å². The van der Waals surface area contributed by atoms with E-state index in [0.29, 0.717) is 16.8 Å². The van der Waals surface area contributed by atoms with E-state index in [-0.39, 0.29) is 5.57 Å². The van der Waals surface area contributed by atoms with Crippen LogP contribution in [0.1, 0.15) is 0 Å². The van der Waals surface area contributed by atoms with Gasteiger partial charge < -0.3 is 9.73 Å². The van der Waals surface area contributed by atoms with Crippen LogP contribution in [0.4, 0.5) is 5.69 Å². The van der Waals surface area contributed by atoms with Crippen molar-refractivity contribution >= 4 is 16.8 Å². The number of allylic oxidation sites excluding steroid dienone is 1. The van der Waals surface area contributed by atoms with Gasteiger partial charge in [0.25, 0.3) is 0 Å². The molecule has 6 heteroatoms. The van der Waals surface area contributed by atoms with Crippen molar-refractivity contribution in [1.82, 2.24) is 4.57 Å². The molecule has 0 saturated heterocycles. The van der Waals surface area contributed by atoms with Gasteiger partial charge in [-0.1, -0.05) is 0 Å². The molecule has 6 nitrogen and oxygen atoms in total. The highest BCUT2D eigenvalue weighted by atomic mass is 16.4. The minimum Gasteiger partial charge on any atom is -0.408 e. The van der Waals surface area contributed by atoms with Crippen molar-refractivity contribution in [2.45, 2.75) is 0 Å². The number of nitrogens with zero attached hydrogens (tertiary/aromatic N) is 3. The standard InChI is InChI=1S/C12H8N4O2/c1-16-10-4-9(15-7-8(5-13)6-14)2-3-11(10)18-12(16)17/h2-4,7,15H,1H3. The van der Waals surface area contributed by atoms with Gasteiger partial charge in [0.1, 0.15) is 17.7 Å². The highest BCUT2D eigenvalue weighted by Gasteiger charge is 2.05. The van der Waals surface area contributed by atoms with E-state index in [0.717, 1.165) is 0 Å². The first-order valence-corrected chi connectivity index (χ1v) is 5.02. The molecule has 88 valence electrons. The predicted octanol–water partition coefficient (Wildman–Crippen LogP) is 1.47. The van der Waals surface area contributed by atoms with Gasteiger partial charge in [0.15, 0.2) is 5.58 Å². The van der Waals surface area contributed by atoms with E-state index in [1.54, 1.807) is 37.4 Å². The summed E-state index contributed by atoms with van der Waals surface area (Å²) in [4.78, 5) is 11.3. The second-order valence-corrected chi connectivity index (χ2v) is 3.54. The number of benzene rings is 1. The Morgan fingerprint density at radius 2 is 2.17 bits per heavy atom. The highest BCUT2D eigenvalue weighted by Crippen LogP contribution is 2.17. The summed E-state index contributed by atoms with van der Waals surface area (Å²) < 4.78 is 6.36. The van der Waals surface area contributed by atoms with E-state index >= 15 is 0 Å². The molecule has 1 aromatic carbocycles. The monoisotopic (exact) mass is 240 g/mol. The van der Waals surface area contributed by atoms with E-state index in [1.807, 2.05) is 0 Å². The molecular formula is C12H8N4O2. The molecule has 0 aliphatic heterocycles. The number of aromatic nitrogens is 1. The van der Waals surface area contributed by atoms with Gasteiger partial charge >= 0.3 is 5.76 Å². The van der Waals surface area contributed by atoms with Crippen molar-refractivity contribution in [3.8, 4) is 12.1 Å². The van der Waals surface area contributed by atoms with Crippen molar-refractivity contribution in [1.29, 1.82) is 10.5 Å². The molecule has 18 heavy (non-hydrogen) atoms. The zero-order valence-electron chi connectivity index (χ0n) is 9.47. The average molecular weight is 240 g/mol. The zero-order chi connectivity index (χ0) is 13.1. The quantitative estimate of drug-likeness (QED) is 0.802. The van der Waals surface area contributed by atoms with Crippen LogP contribution in [0.25, 0.3) is 11.1 Å². The fraction of sp³-hybridized carbons (Fsp3) is 0.0833. The third-order valence-corrected chi connectivity index (χ3v) is 2.42. The number of hydrogen-bond acceptors (Lipinski definition) is 5. The Kier molecular flexibility index (Phi) is 2.86. The minimum absolute atomic E-state index is 0.0313. The lowest BCUT2D eigenvalue weighted by Gasteiger charge is -2.00. The average Bonchev–Trinajstić information content (AvgIpc) is 2.67. The zero-order valence-corrected chi connectivity index (χ0v) is 9.47. The molecule has 0 spiro atoms. The van der Waals surface area contributed by atoms with E-state index < -0.39 is 5.76 Å². The molecule has 2 aromatic rings. The summed E-state index contributed by atoms with van der Waals surface area (Å²) in [6.07, 6.45) is 1.30. The first-order valence-electron chi connectivity index (χ1n) is 5.02. The van der Waals surface area contributed by atoms with Gasteiger partial charge in [0.2, 0.25) is 0 Å². The molecule has 0 saturated carbocycles. The number of rotatable bonds is 2. The molecular weight excluding hydrogens is 232 g/mol. The minimum atomic E-state index is -0.438. The number of aryl methyl sites for hydroxylation is 1. The number of fused-ring (bicyclic) bond motifs is 1. The fourth-order valence-corrected chi connectivity index (χ4v) is 1.46. The summed E-state index contributed by atoms with van der Waals surface area (Å²) >= 11 is 0. The molecule has 0 fully saturated rings. The summed E-state index contributed by atoms with van der Waals surface area (Å²) in [6, 6.07) is 8.51. The van der Waals surface area contributed by atoms with Gasteiger partial charge in [-0.2, -0.15) is 10.5 Å². The maximum Gasteiger partial charge on any atom is 0.419 e. The molecule has 0 atom stereocenters. The van der Waals surface area contributed by atoms with Crippen molar-refractivity contribution in [2.75, 3.05) is 5.32 Å². The maximum absolute atomic E-state index is 11.3. The molecule has 0 bridgehead atoms. The first-order chi connectivity index (χ1) is 8.65. The molecule has 2 rings (SSSR count). The smallest absolute Gasteiger partial charge is 0.408 e. The van der Waals surface area contributed by atoms with Crippen molar-refractivity contribution in [2.24, 2.45) is 7.05 Å². The SMILES string of the molecule is Cn1c(=O)oc2ccc(NC=C(C#N)C#N)cc21. The molecule has 0 aliphatic carbocycles. The highest BCUT2D eigenvalue weighted by molar-refractivity contribution is 5.77. The van der Waals surface area contributed by atoms with Crippen molar-refractivity contribution < 1.29 is 4.42 Å². The first kappa shape index (κ1) is 11.5. The van der Waals surface area contributed by atoms with E-state index in [4.69, 9.17) is 14.9 Å². The van der Waals surface area contributed by atoms with Crippen LogP contribution in [0.5, 0.6) is 0 Å². The molecule has 0 radical (unpaired) electrons. The Hall–Kier alpha value is -2.99. The van der Waals surface area contributed by atoms with Crippen molar-refractivity contribution in [3.05, 3.63) is 40.5 Å². The lowest BCUT2D eigenvalue weighted by molar-refractivity contribution is 0.528. The number of oxazole rings is 1. The van der Waals surface area contributed by atoms with Crippen LogP contribution in [0, 0.1) is 22.7 Å². The predicted molar refractivity (Wildman–Crippen MR) is 64.4 cm³/mol. The van der Waals surface area contributed by atoms with Crippen molar-refractivity contribution in [3.63, 3.8) is 0 Å². The second-order valence-electron chi connectivity index (χ2n) is 3.54.